The van der Waals surface area contributed by atoms with Crippen LogP contribution in [0.3, 0.4) is 0 Å². The molecule has 0 aliphatic carbocycles. The molecule has 0 radical (unpaired) electrons. The van der Waals surface area contributed by atoms with Gasteiger partial charge >= 0.3 is 0 Å². The molecule has 5 heteroatoms. The predicted molar refractivity (Wildman–Crippen MR) is 84.2 cm³/mol. The van der Waals surface area contributed by atoms with E-state index in [1.807, 2.05) is 0 Å². The third-order valence-corrected chi connectivity index (χ3v) is 3.32. The van der Waals surface area contributed by atoms with E-state index in [4.69, 9.17) is 4.74 Å². The van der Waals surface area contributed by atoms with E-state index in [1.165, 1.54) is 18.2 Å². The molecule has 2 rings (SSSR count). The quantitative estimate of drug-likeness (QED) is 0.812. The van der Waals surface area contributed by atoms with Crippen molar-refractivity contribution in [1.82, 2.24) is 0 Å². The lowest BCUT2D eigenvalue weighted by Crippen LogP contribution is -2.12. The molecule has 2 aromatic rings. The Labute approximate surface area is 130 Å². The Hall–Kier alpha value is -2.14. The topological polar surface area (TPSA) is 38.3 Å². The maximum Gasteiger partial charge on any atom is 0.255 e. The number of carbonyl (C=O) groups is 1. The summed E-state index contributed by atoms with van der Waals surface area (Å²) >= 11 is 3.20. The van der Waals surface area contributed by atoms with E-state index in [0.717, 1.165) is 0 Å². The van der Waals surface area contributed by atoms with Crippen molar-refractivity contribution >= 4 is 27.5 Å². The van der Waals surface area contributed by atoms with Crippen LogP contribution in [0, 0.1) is 5.82 Å². The maximum atomic E-state index is 13.0. The Morgan fingerprint density at radius 2 is 2.00 bits per heavy atom. The summed E-state index contributed by atoms with van der Waals surface area (Å²) in [6.45, 7) is 3.97. The van der Waals surface area contributed by atoms with Crippen molar-refractivity contribution in [3.8, 4) is 5.75 Å². The van der Waals surface area contributed by atoms with E-state index in [0.29, 0.717) is 28.1 Å². The van der Waals surface area contributed by atoms with Gasteiger partial charge in [-0.05, 0) is 58.4 Å². The molecule has 0 aliphatic rings. The Morgan fingerprint density at radius 3 is 2.62 bits per heavy atom. The van der Waals surface area contributed by atoms with Crippen molar-refractivity contribution in [3.05, 3.63) is 71.0 Å². The summed E-state index contributed by atoms with van der Waals surface area (Å²) < 4.78 is 18.8. The minimum Gasteiger partial charge on any atom is -0.490 e. The van der Waals surface area contributed by atoms with Crippen molar-refractivity contribution in [2.24, 2.45) is 0 Å². The second-order valence-electron chi connectivity index (χ2n) is 4.20. The van der Waals surface area contributed by atoms with Gasteiger partial charge < -0.3 is 10.1 Å². The van der Waals surface area contributed by atoms with Gasteiger partial charge in [-0.2, -0.15) is 0 Å². The van der Waals surface area contributed by atoms with Gasteiger partial charge in [-0.1, -0.05) is 12.7 Å². The Bertz CT molecular complexity index is 656. The number of rotatable bonds is 5. The molecule has 0 aliphatic heterocycles. The van der Waals surface area contributed by atoms with Gasteiger partial charge in [-0.15, -0.1) is 0 Å². The number of nitrogens with one attached hydrogen (secondary N) is 1. The number of carbonyl (C=O) groups excluding carboxylic acids is 1. The number of benzene rings is 2. The number of halogens is 2. The van der Waals surface area contributed by atoms with E-state index in [-0.39, 0.29) is 11.7 Å². The molecule has 108 valence electrons. The van der Waals surface area contributed by atoms with Crippen LogP contribution in [0.1, 0.15) is 10.4 Å². The van der Waals surface area contributed by atoms with Crippen LogP contribution in [0.4, 0.5) is 10.1 Å². The van der Waals surface area contributed by atoms with Crippen LogP contribution >= 0.6 is 15.9 Å². The Kier molecular flexibility index (Phi) is 5.11. The van der Waals surface area contributed by atoms with Crippen molar-refractivity contribution in [2.75, 3.05) is 11.9 Å². The van der Waals surface area contributed by atoms with Gasteiger partial charge in [-0.25, -0.2) is 4.39 Å². The van der Waals surface area contributed by atoms with Gasteiger partial charge in [0.1, 0.15) is 18.2 Å². The van der Waals surface area contributed by atoms with Crippen LogP contribution in [0.2, 0.25) is 0 Å². The largest absolute Gasteiger partial charge is 0.490 e. The molecule has 0 bridgehead atoms. The van der Waals surface area contributed by atoms with Gasteiger partial charge in [0, 0.05) is 10.0 Å². The average Bonchev–Trinajstić information content (AvgIpc) is 2.48. The summed E-state index contributed by atoms with van der Waals surface area (Å²) in [5.74, 6) is 0.00980. The number of hydrogen-bond donors (Lipinski definition) is 1. The first kappa shape index (κ1) is 15.3. The van der Waals surface area contributed by atoms with Crippen molar-refractivity contribution < 1.29 is 13.9 Å². The molecule has 0 unspecified atom stereocenters. The molecule has 0 heterocycles. The number of anilines is 1. The van der Waals surface area contributed by atoms with E-state index >= 15 is 0 Å². The fourth-order valence-corrected chi connectivity index (χ4v) is 2.09. The Morgan fingerprint density at radius 1 is 1.29 bits per heavy atom. The molecule has 0 fully saturated rings. The maximum absolute atomic E-state index is 13.0. The first-order chi connectivity index (χ1) is 10.1. The van der Waals surface area contributed by atoms with Crippen LogP contribution < -0.4 is 10.1 Å². The summed E-state index contributed by atoms with van der Waals surface area (Å²) in [6, 6.07) is 10.8. The third kappa shape index (κ3) is 4.16. The molecular formula is C16H13BrFNO2. The van der Waals surface area contributed by atoms with Gasteiger partial charge in [0.25, 0.3) is 5.91 Å². The first-order valence-electron chi connectivity index (χ1n) is 6.20. The lowest BCUT2D eigenvalue weighted by Gasteiger charge is -2.08. The van der Waals surface area contributed by atoms with Gasteiger partial charge in [0.2, 0.25) is 0 Å². The highest BCUT2D eigenvalue weighted by molar-refractivity contribution is 9.10. The van der Waals surface area contributed by atoms with Crippen LogP contribution in [-0.4, -0.2) is 12.5 Å². The third-order valence-electron chi connectivity index (χ3n) is 2.66. The van der Waals surface area contributed by atoms with Gasteiger partial charge in [0.05, 0.1) is 5.69 Å². The summed E-state index contributed by atoms with van der Waals surface area (Å²) in [6.07, 6.45) is 1.65. The highest BCUT2D eigenvalue weighted by Gasteiger charge is 2.09. The van der Waals surface area contributed by atoms with Crippen LogP contribution in [-0.2, 0) is 0 Å². The second-order valence-corrected chi connectivity index (χ2v) is 5.06. The highest BCUT2D eigenvalue weighted by atomic mass is 79.9. The molecule has 1 N–H and O–H groups in total. The zero-order valence-electron chi connectivity index (χ0n) is 11.1. The normalized spacial score (nSPS) is 10.0. The first-order valence-corrected chi connectivity index (χ1v) is 6.99. The van der Waals surface area contributed by atoms with Crippen molar-refractivity contribution in [3.63, 3.8) is 0 Å². The molecule has 3 nitrogen and oxygen atoms in total. The molecule has 1 amide bonds. The fourth-order valence-electron chi connectivity index (χ4n) is 1.64. The minimum absolute atomic E-state index is 0.280. The lowest BCUT2D eigenvalue weighted by molar-refractivity contribution is 0.102. The Balaban J connectivity index is 2.07. The molecule has 0 aromatic heterocycles. The highest BCUT2D eigenvalue weighted by Crippen LogP contribution is 2.24. The molecule has 0 atom stereocenters. The van der Waals surface area contributed by atoms with Crippen molar-refractivity contribution in [2.45, 2.75) is 0 Å². The summed E-state index contributed by atoms with van der Waals surface area (Å²) in [7, 11) is 0. The summed E-state index contributed by atoms with van der Waals surface area (Å²) in [4.78, 5) is 12.1. The monoisotopic (exact) mass is 349 g/mol. The minimum atomic E-state index is -0.372. The van der Waals surface area contributed by atoms with Crippen LogP contribution in [0.25, 0.3) is 0 Å². The van der Waals surface area contributed by atoms with E-state index in [1.54, 1.807) is 30.3 Å². The summed E-state index contributed by atoms with van der Waals surface area (Å²) in [5.41, 5.74) is 0.991. The molecular weight excluding hydrogens is 337 g/mol. The van der Waals surface area contributed by atoms with E-state index < -0.39 is 0 Å². The molecule has 0 saturated carbocycles. The number of hydrogen-bond acceptors (Lipinski definition) is 2. The number of amides is 1. The van der Waals surface area contributed by atoms with Gasteiger partial charge in [-0.3, -0.25) is 4.79 Å². The average molecular weight is 350 g/mol. The van der Waals surface area contributed by atoms with Crippen LogP contribution in [0.15, 0.2) is 59.6 Å². The molecule has 0 saturated heterocycles. The molecule has 0 spiro atoms. The van der Waals surface area contributed by atoms with E-state index in [2.05, 4.69) is 27.8 Å². The standard InChI is InChI=1S/C16H13BrFNO2/c1-2-9-21-13-6-3-11(4-7-13)16(20)19-15-8-5-12(18)10-14(15)17/h2-8,10H,1,9H2,(H,19,20). The molecule has 21 heavy (non-hydrogen) atoms. The van der Waals surface area contributed by atoms with Crippen molar-refractivity contribution in [1.29, 1.82) is 0 Å². The van der Waals surface area contributed by atoms with Crippen LogP contribution in [0.5, 0.6) is 5.75 Å². The summed E-state index contributed by atoms with van der Waals surface area (Å²) in [5, 5.41) is 2.71. The lowest BCUT2D eigenvalue weighted by atomic mass is 10.2. The number of ether oxygens (including phenoxy) is 1. The van der Waals surface area contributed by atoms with E-state index in [9.17, 15) is 9.18 Å². The zero-order valence-corrected chi connectivity index (χ0v) is 12.7. The molecule has 2 aromatic carbocycles. The van der Waals surface area contributed by atoms with Gasteiger partial charge in [0.15, 0.2) is 0 Å². The smallest absolute Gasteiger partial charge is 0.255 e. The zero-order chi connectivity index (χ0) is 15.2. The second kappa shape index (κ2) is 7.04. The fraction of sp³-hybridized carbons (Fsp3) is 0.0625. The predicted octanol–water partition coefficient (Wildman–Crippen LogP) is 4.41. The SMILES string of the molecule is C=CCOc1ccc(C(=O)Nc2ccc(F)cc2Br)cc1.